The van der Waals surface area contributed by atoms with Crippen LogP contribution in [0, 0.1) is 5.41 Å². The predicted octanol–water partition coefficient (Wildman–Crippen LogP) is 3.15. The van der Waals surface area contributed by atoms with Gasteiger partial charge in [-0.2, -0.15) is 5.10 Å². The number of H-pyrrole nitrogens is 1. The summed E-state index contributed by atoms with van der Waals surface area (Å²) in [6, 6.07) is 0.436. The van der Waals surface area contributed by atoms with Crippen LogP contribution in [0.25, 0.3) is 0 Å². The van der Waals surface area contributed by atoms with Gasteiger partial charge in [0.05, 0.1) is 11.8 Å². The second-order valence-corrected chi connectivity index (χ2v) is 8.80. The third kappa shape index (κ3) is 3.63. The van der Waals surface area contributed by atoms with Crippen LogP contribution in [0.4, 0.5) is 0 Å². The Labute approximate surface area is 161 Å². The van der Waals surface area contributed by atoms with Crippen molar-refractivity contribution in [2.24, 2.45) is 5.41 Å². The minimum Gasteiger partial charge on any atom is -0.339 e. The molecule has 1 N–H and O–H groups in total. The van der Waals surface area contributed by atoms with Gasteiger partial charge in [0.2, 0.25) is 5.91 Å². The lowest BCUT2D eigenvalue weighted by Crippen LogP contribution is -2.56. The molecule has 27 heavy (non-hydrogen) atoms. The number of hydrogen-bond acceptors (Lipinski definition) is 3. The number of nitrogens with one attached hydrogen (secondary N) is 1. The van der Waals surface area contributed by atoms with Crippen molar-refractivity contribution in [2.75, 3.05) is 19.6 Å². The Hall–Kier alpha value is -1.85. The molecule has 1 aliphatic carbocycles. The number of aromatic nitrogens is 2. The fourth-order valence-electron chi connectivity index (χ4n) is 5.42. The molecule has 0 unspecified atom stereocenters. The van der Waals surface area contributed by atoms with Gasteiger partial charge in [-0.1, -0.05) is 26.2 Å². The summed E-state index contributed by atoms with van der Waals surface area (Å²) in [7, 11) is 0. The van der Waals surface area contributed by atoms with Crippen LogP contribution in [-0.4, -0.2) is 57.5 Å². The molecule has 3 fully saturated rings. The molecular weight excluding hydrogens is 340 g/mol. The molecule has 148 valence electrons. The minimum absolute atomic E-state index is 0.0824. The normalized spacial score (nSPS) is 26.9. The van der Waals surface area contributed by atoms with Gasteiger partial charge in [0.1, 0.15) is 0 Å². The molecule has 0 aromatic carbocycles. The number of hydrogen-bond donors (Lipinski definition) is 1. The lowest BCUT2D eigenvalue weighted by molar-refractivity contribution is -0.142. The zero-order valence-electron chi connectivity index (χ0n) is 16.5. The molecule has 1 aromatic rings. The van der Waals surface area contributed by atoms with Gasteiger partial charge in [-0.15, -0.1) is 0 Å². The maximum absolute atomic E-state index is 13.2. The Morgan fingerprint density at radius 1 is 1.26 bits per heavy atom. The van der Waals surface area contributed by atoms with Crippen molar-refractivity contribution < 1.29 is 9.59 Å². The second-order valence-electron chi connectivity index (χ2n) is 8.80. The van der Waals surface area contributed by atoms with Crippen LogP contribution in [-0.2, 0) is 11.2 Å². The van der Waals surface area contributed by atoms with Crippen LogP contribution in [0.2, 0.25) is 0 Å². The second kappa shape index (κ2) is 7.64. The van der Waals surface area contributed by atoms with E-state index in [0.29, 0.717) is 18.4 Å². The Bertz CT molecular complexity index is 694. The number of aryl methyl sites for hydroxylation is 1. The highest BCUT2D eigenvalue weighted by molar-refractivity contribution is 5.95. The van der Waals surface area contributed by atoms with Gasteiger partial charge >= 0.3 is 0 Å². The lowest BCUT2D eigenvalue weighted by atomic mass is 9.73. The van der Waals surface area contributed by atoms with Gasteiger partial charge in [-0.25, -0.2) is 0 Å². The Kier molecular flexibility index (Phi) is 5.24. The Balaban J connectivity index is 1.49. The molecule has 0 radical (unpaired) electrons. The highest BCUT2D eigenvalue weighted by Crippen LogP contribution is 2.41. The summed E-state index contributed by atoms with van der Waals surface area (Å²) in [4.78, 5) is 29.9. The molecule has 0 bridgehead atoms. The van der Waals surface area contributed by atoms with Gasteiger partial charge in [-0.05, 0) is 38.5 Å². The molecule has 1 atom stereocenters. The highest BCUT2D eigenvalue weighted by atomic mass is 16.2. The average Bonchev–Trinajstić information content (AvgIpc) is 3.36. The van der Waals surface area contributed by atoms with Crippen LogP contribution >= 0.6 is 0 Å². The molecule has 4 rings (SSSR count). The fraction of sp³-hybridized carbons (Fsp3) is 0.762. The van der Waals surface area contributed by atoms with E-state index in [1.807, 2.05) is 4.90 Å². The summed E-state index contributed by atoms with van der Waals surface area (Å²) in [6.45, 7) is 4.54. The van der Waals surface area contributed by atoms with Gasteiger partial charge in [0, 0.05) is 43.2 Å². The summed E-state index contributed by atoms with van der Waals surface area (Å²) in [5, 5.41) is 7.11. The third-order valence-electron chi connectivity index (χ3n) is 6.86. The largest absolute Gasteiger partial charge is 0.339 e. The van der Waals surface area contributed by atoms with E-state index in [9.17, 15) is 9.59 Å². The average molecular weight is 373 g/mol. The molecule has 1 spiro atoms. The van der Waals surface area contributed by atoms with Crippen LogP contribution in [0.15, 0.2) is 6.20 Å². The maximum Gasteiger partial charge on any atom is 0.257 e. The molecule has 2 aliphatic heterocycles. The Morgan fingerprint density at radius 3 is 2.85 bits per heavy atom. The zero-order chi connectivity index (χ0) is 18.9. The first-order valence-electron chi connectivity index (χ1n) is 10.7. The number of amides is 2. The van der Waals surface area contributed by atoms with Crippen molar-refractivity contribution in [3.05, 3.63) is 17.5 Å². The van der Waals surface area contributed by atoms with E-state index in [-0.39, 0.29) is 11.3 Å². The van der Waals surface area contributed by atoms with E-state index < -0.39 is 0 Å². The van der Waals surface area contributed by atoms with Crippen molar-refractivity contribution in [1.29, 1.82) is 0 Å². The number of carbonyl (C=O) groups is 2. The number of aromatic amines is 1. The van der Waals surface area contributed by atoms with E-state index in [0.717, 1.165) is 75.8 Å². The molecule has 6 heteroatoms. The lowest BCUT2D eigenvalue weighted by Gasteiger charge is -2.49. The number of nitrogens with zero attached hydrogens (tertiary/aromatic N) is 3. The number of piperidine rings is 2. The fourth-order valence-corrected chi connectivity index (χ4v) is 5.42. The molecule has 3 aliphatic rings. The molecule has 2 amide bonds. The molecule has 6 nitrogen and oxygen atoms in total. The number of rotatable bonds is 4. The van der Waals surface area contributed by atoms with Crippen molar-refractivity contribution in [1.82, 2.24) is 20.0 Å². The van der Waals surface area contributed by atoms with Crippen LogP contribution in [0.5, 0.6) is 0 Å². The van der Waals surface area contributed by atoms with Crippen molar-refractivity contribution in [3.63, 3.8) is 0 Å². The van der Waals surface area contributed by atoms with E-state index >= 15 is 0 Å². The van der Waals surface area contributed by atoms with Gasteiger partial charge in [-0.3, -0.25) is 14.7 Å². The van der Waals surface area contributed by atoms with Gasteiger partial charge in [0.25, 0.3) is 5.91 Å². The minimum atomic E-state index is 0.0824. The number of likely N-dealkylation sites (tertiary alicyclic amines) is 2. The standard InChI is InChI=1S/C21H32N4O2/c1-2-6-18-17(13-22-23-18)20(27)24-12-5-10-21(14-24)11-9-19(26)25(15-21)16-7-3-4-8-16/h13,16H,2-12,14-15H2,1H3,(H,22,23)/t21-/m1/s1. The SMILES string of the molecule is CCCc1[nH]ncc1C(=O)N1CCC[C@@]2(CCC(=O)N(C3CCCC3)C2)C1. The molecule has 3 heterocycles. The van der Waals surface area contributed by atoms with E-state index in [2.05, 4.69) is 22.0 Å². The van der Waals surface area contributed by atoms with Crippen LogP contribution in [0.3, 0.4) is 0 Å². The van der Waals surface area contributed by atoms with Crippen LogP contribution in [0.1, 0.15) is 80.8 Å². The van der Waals surface area contributed by atoms with Crippen molar-refractivity contribution in [3.8, 4) is 0 Å². The van der Waals surface area contributed by atoms with Crippen molar-refractivity contribution in [2.45, 2.75) is 77.2 Å². The quantitative estimate of drug-likeness (QED) is 0.883. The monoisotopic (exact) mass is 372 g/mol. The highest BCUT2D eigenvalue weighted by Gasteiger charge is 2.44. The third-order valence-corrected chi connectivity index (χ3v) is 6.86. The first kappa shape index (κ1) is 18.5. The Morgan fingerprint density at radius 2 is 2.07 bits per heavy atom. The van der Waals surface area contributed by atoms with E-state index in [1.54, 1.807) is 6.20 Å². The first-order chi connectivity index (χ1) is 13.1. The van der Waals surface area contributed by atoms with Crippen LogP contribution < -0.4 is 0 Å². The van der Waals surface area contributed by atoms with E-state index in [1.165, 1.54) is 12.8 Å². The maximum atomic E-state index is 13.2. The molecule has 1 saturated carbocycles. The summed E-state index contributed by atoms with van der Waals surface area (Å²) >= 11 is 0. The van der Waals surface area contributed by atoms with Crippen molar-refractivity contribution >= 4 is 11.8 Å². The summed E-state index contributed by atoms with van der Waals surface area (Å²) in [5.41, 5.74) is 1.76. The van der Waals surface area contributed by atoms with Gasteiger partial charge < -0.3 is 9.80 Å². The summed E-state index contributed by atoms with van der Waals surface area (Å²) in [6.07, 6.45) is 12.0. The smallest absolute Gasteiger partial charge is 0.257 e. The molecule has 2 saturated heterocycles. The molecule has 1 aromatic heterocycles. The summed E-state index contributed by atoms with van der Waals surface area (Å²) in [5.74, 6) is 0.437. The zero-order valence-corrected chi connectivity index (χ0v) is 16.5. The number of carbonyl (C=O) groups excluding carboxylic acids is 2. The summed E-state index contributed by atoms with van der Waals surface area (Å²) < 4.78 is 0. The predicted molar refractivity (Wildman–Crippen MR) is 103 cm³/mol. The topological polar surface area (TPSA) is 69.3 Å². The van der Waals surface area contributed by atoms with E-state index in [4.69, 9.17) is 0 Å². The first-order valence-corrected chi connectivity index (χ1v) is 10.7. The molecular formula is C21H32N4O2. The van der Waals surface area contributed by atoms with Gasteiger partial charge in [0.15, 0.2) is 0 Å².